The van der Waals surface area contributed by atoms with Crippen molar-refractivity contribution in [1.29, 1.82) is 0 Å². The van der Waals surface area contributed by atoms with E-state index in [-0.39, 0.29) is 0 Å². The Hall–Kier alpha value is -0.390. The molecule has 72 valence electrons. The van der Waals surface area contributed by atoms with E-state index in [0.29, 0.717) is 0 Å². The van der Waals surface area contributed by atoms with Gasteiger partial charge in [-0.25, -0.2) is 9.97 Å². The van der Waals surface area contributed by atoms with E-state index >= 15 is 0 Å². The largest absolute Gasteiger partial charge is 0.249 e. The number of pyridine rings is 1. The van der Waals surface area contributed by atoms with Crippen molar-refractivity contribution in [3.8, 4) is 0 Å². The molecule has 14 heavy (non-hydrogen) atoms. The number of hydrogen-bond donors (Lipinski definition) is 0. The molecule has 0 spiro atoms. The van der Waals surface area contributed by atoms with E-state index in [9.17, 15) is 0 Å². The second-order valence-corrected chi connectivity index (χ2v) is 5.57. The Morgan fingerprint density at radius 3 is 3.00 bits per heavy atom. The highest BCUT2D eigenvalue weighted by atomic mass is 79.9. The average Bonchev–Trinajstić information content (AvgIpc) is 2.56. The van der Waals surface area contributed by atoms with Crippen LogP contribution in [0.2, 0.25) is 0 Å². The second kappa shape index (κ2) is 4.42. The Morgan fingerprint density at radius 2 is 2.36 bits per heavy atom. The summed E-state index contributed by atoms with van der Waals surface area (Å²) < 4.78 is 1.90. The molecule has 0 aliphatic carbocycles. The fourth-order valence-corrected chi connectivity index (χ4v) is 3.27. The number of aryl methyl sites for hydroxylation is 1. The normalized spacial score (nSPS) is 10.4. The Bertz CT molecular complexity index is 442. The molecular weight excluding hydrogens is 280 g/mol. The predicted octanol–water partition coefficient (Wildman–Crippen LogP) is 3.76. The van der Waals surface area contributed by atoms with E-state index in [4.69, 9.17) is 0 Å². The van der Waals surface area contributed by atoms with E-state index in [2.05, 4.69) is 38.9 Å². The minimum Gasteiger partial charge on any atom is -0.249 e. The number of thiazole rings is 1. The van der Waals surface area contributed by atoms with Crippen molar-refractivity contribution in [2.45, 2.75) is 16.3 Å². The molecule has 0 amide bonds. The molecule has 0 bridgehead atoms. The lowest BCUT2D eigenvalue weighted by molar-refractivity contribution is 1.07. The molecule has 0 saturated heterocycles. The average molecular weight is 287 g/mol. The van der Waals surface area contributed by atoms with Gasteiger partial charge in [-0.1, -0.05) is 6.07 Å². The maximum absolute atomic E-state index is 4.31. The first kappa shape index (κ1) is 10.1. The van der Waals surface area contributed by atoms with Crippen LogP contribution in [0.25, 0.3) is 0 Å². The third kappa shape index (κ3) is 2.34. The zero-order chi connectivity index (χ0) is 9.97. The van der Waals surface area contributed by atoms with Crippen LogP contribution in [-0.4, -0.2) is 9.97 Å². The SMILES string of the molecule is Cc1cccnc1Sc1nc(Br)cs1. The third-order valence-electron chi connectivity index (χ3n) is 1.60. The van der Waals surface area contributed by atoms with Crippen molar-refractivity contribution in [1.82, 2.24) is 9.97 Å². The van der Waals surface area contributed by atoms with Crippen LogP contribution >= 0.6 is 39.0 Å². The van der Waals surface area contributed by atoms with Crippen molar-refractivity contribution in [2.75, 3.05) is 0 Å². The summed E-state index contributed by atoms with van der Waals surface area (Å²) in [5.41, 5.74) is 1.18. The van der Waals surface area contributed by atoms with Crippen LogP contribution in [0.1, 0.15) is 5.56 Å². The quantitative estimate of drug-likeness (QED) is 0.841. The molecule has 0 N–H and O–H groups in total. The van der Waals surface area contributed by atoms with Gasteiger partial charge in [-0.3, -0.25) is 0 Å². The zero-order valence-corrected chi connectivity index (χ0v) is 10.6. The summed E-state index contributed by atoms with van der Waals surface area (Å²) in [7, 11) is 0. The smallest absolute Gasteiger partial charge is 0.157 e. The van der Waals surface area contributed by atoms with Crippen molar-refractivity contribution < 1.29 is 0 Å². The van der Waals surface area contributed by atoms with Gasteiger partial charge in [0.05, 0.1) is 0 Å². The molecule has 2 nitrogen and oxygen atoms in total. The number of aromatic nitrogens is 2. The van der Waals surface area contributed by atoms with Crippen molar-refractivity contribution >= 4 is 39.0 Å². The topological polar surface area (TPSA) is 25.8 Å². The lowest BCUT2D eigenvalue weighted by Gasteiger charge is -1.99. The fraction of sp³-hybridized carbons (Fsp3) is 0.111. The van der Waals surface area contributed by atoms with Crippen molar-refractivity contribution in [3.05, 3.63) is 33.9 Å². The molecule has 2 heterocycles. The van der Waals surface area contributed by atoms with Gasteiger partial charge in [0, 0.05) is 11.6 Å². The van der Waals surface area contributed by atoms with E-state index < -0.39 is 0 Å². The lowest BCUT2D eigenvalue weighted by atomic mass is 10.3. The Labute approximate surface area is 98.9 Å². The van der Waals surface area contributed by atoms with Gasteiger partial charge in [0.15, 0.2) is 4.34 Å². The van der Waals surface area contributed by atoms with Gasteiger partial charge in [0.1, 0.15) is 9.63 Å². The summed E-state index contributed by atoms with van der Waals surface area (Å²) in [5, 5.41) is 3.00. The summed E-state index contributed by atoms with van der Waals surface area (Å²) in [5.74, 6) is 0. The highest BCUT2D eigenvalue weighted by Crippen LogP contribution is 2.31. The molecule has 2 aromatic heterocycles. The van der Waals surface area contributed by atoms with Gasteiger partial charge in [-0.2, -0.15) is 0 Å². The molecule has 0 saturated carbocycles. The molecular formula is C9H7BrN2S2. The zero-order valence-electron chi connectivity index (χ0n) is 7.40. The Kier molecular flexibility index (Phi) is 3.20. The van der Waals surface area contributed by atoms with Gasteiger partial charge >= 0.3 is 0 Å². The molecule has 2 rings (SSSR count). The summed E-state index contributed by atoms with van der Waals surface area (Å²) in [6, 6.07) is 4.00. The highest BCUT2D eigenvalue weighted by Gasteiger charge is 2.05. The molecule has 0 fully saturated rings. The maximum atomic E-state index is 4.31. The van der Waals surface area contributed by atoms with Crippen LogP contribution in [0.3, 0.4) is 0 Å². The van der Waals surface area contributed by atoms with Gasteiger partial charge in [-0.15, -0.1) is 11.3 Å². The monoisotopic (exact) mass is 286 g/mol. The highest BCUT2D eigenvalue weighted by molar-refractivity contribution is 9.10. The van der Waals surface area contributed by atoms with E-state index in [0.717, 1.165) is 14.0 Å². The summed E-state index contributed by atoms with van der Waals surface area (Å²) in [6.07, 6.45) is 1.80. The summed E-state index contributed by atoms with van der Waals surface area (Å²) >= 11 is 6.55. The molecule has 5 heteroatoms. The minimum absolute atomic E-state index is 0.888. The van der Waals surface area contributed by atoms with Crippen LogP contribution in [0.5, 0.6) is 0 Å². The first-order valence-electron chi connectivity index (χ1n) is 3.96. The minimum atomic E-state index is 0.888. The van der Waals surface area contributed by atoms with Crippen LogP contribution in [0.15, 0.2) is 37.7 Å². The molecule has 0 atom stereocenters. The summed E-state index contributed by atoms with van der Waals surface area (Å²) in [4.78, 5) is 8.60. The van der Waals surface area contributed by atoms with Crippen LogP contribution in [0, 0.1) is 6.92 Å². The number of nitrogens with zero attached hydrogens (tertiary/aromatic N) is 2. The molecule has 0 aliphatic rings. The van der Waals surface area contributed by atoms with Gasteiger partial charge in [-0.05, 0) is 46.2 Å². The second-order valence-electron chi connectivity index (χ2n) is 2.66. The fourth-order valence-electron chi connectivity index (χ4n) is 0.947. The predicted molar refractivity (Wildman–Crippen MR) is 62.9 cm³/mol. The Morgan fingerprint density at radius 1 is 1.50 bits per heavy atom. The third-order valence-corrected chi connectivity index (χ3v) is 4.37. The van der Waals surface area contributed by atoms with Gasteiger partial charge in [0.2, 0.25) is 0 Å². The van der Waals surface area contributed by atoms with E-state index in [1.165, 1.54) is 5.56 Å². The first-order chi connectivity index (χ1) is 6.75. The van der Waals surface area contributed by atoms with Crippen LogP contribution < -0.4 is 0 Å². The van der Waals surface area contributed by atoms with Crippen molar-refractivity contribution in [2.24, 2.45) is 0 Å². The lowest BCUT2D eigenvalue weighted by Crippen LogP contribution is -1.82. The standard InChI is InChI=1S/C9H7BrN2S2/c1-6-3-2-4-11-8(6)14-9-12-7(10)5-13-9/h2-5H,1H3. The molecule has 0 aromatic carbocycles. The number of halogens is 1. The summed E-state index contributed by atoms with van der Waals surface area (Å²) in [6.45, 7) is 2.05. The number of hydrogen-bond acceptors (Lipinski definition) is 4. The van der Waals surface area contributed by atoms with Crippen LogP contribution in [0.4, 0.5) is 0 Å². The molecule has 0 aliphatic heterocycles. The van der Waals surface area contributed by atoms with E-state index in [1.54, 1.807) is 29.3 Å². The van der Waals surface area contributed by atoms with E-state index in [1.807, 2.05) is 11.4 Å². The van der Waals surface area contributed by atoms with Gasteiger partial charge in [0.25, 0.3) is 0 Å². The number of rotatable bonds is 2. The molecule has 0 radical (unpaired) electrons. The van der Waals surface area contributed by atoms with Gasteiger partial charge < -0.3 is 0 Å². The van der Waals surface area contributed by atoms with Crippen LogP contribution in [-0.2, 0) is 0 Å². The Balaban J connectivity index is 2.23. The molecule has 0 unspecified atom stereocenters. The maximum Gasteiger partial charge on any atom is 0.157 e. The van der Waals surface area contributed by atoms with Crippen molar-refractivity contribution in [3.63, 3.8) is 0 Å². The first-order valence-corrected chi connectivity index (χ1v) is 6.45. The molecule has 2 aromatic rings.